The van der Waals surface area contributed by atoms with Crippen LogP contribution in [0.25, 0.3) is 0 Å². The summed E-state index contributed by atoms with van der Waals surface area (Å²) in [6, 6.07) is 1.38. The Balaban J connectivity index is 1.84. The lowest BCUT2D eigenvalue weighted by Crippen LogP contribution is -2.50. The van der Waals surface area contributed by atoms with Gasteiger partial charge in [0.15, 0.2) is 0 Å². The molecule has 0 spiro atoms. The van der Waals surface area contributed by atoms with E-state index in [1.54, 1.807) is 0 Å². The molecule has 2 fully saturated rings. The van der Waals surface area contributed by atoms with E-state index in [2.05, 4.69) is 37.8 Å². The molecule has 2 heterocycles. The summed E-state index contributed by atoms with van der Waals surface area (Å²) in [7, 11) is 0. The fourth-order valence-electron chi connectivity index (χ4n) is 2.82. The Morgan fingerprint density at radius 3 is 2.81 bits per heavy atom. The summed E-state index contributed by atoms with van der Waals surface area (Å²) in [5.41, 5.74) is 0.0704. The molecule has 0 aliphatic carbocycles. The first kappa shape index (κ1) is 12.7. The van der Waals surface area contributed by atoms with E-state index in [1.807, 2.05) is 0 Å². The number of hydrogen-bond acceptors (Lipinski definition) is 3. The van der Waals surface area contributed by atoms with Crippen LogP contribution in [0, 0.1) is 0 Å². The zero-order chi connectivity index (χ0) is 11.6. The summed E-state index contributed by atoms with van der Waals surface area (Å²) in [6.07, 6.45) is 5.06. The monoisotopic (exact) mass is 243 g/mol. The minimum absolute atomic E-state index is 0.0704. The van der Waals surface area contributed by atoms with E-state index >= 15 is 0 Å². The first-order chi connectivity index (χ1) is 7.57. The lowest BCUT2D eigenvalue weighted by atomic mass is 9.92. The molecule has 0 amide bonds. The van der Waals surface area contributed by atoms with Gasteiger partial charge in [-0.15, -0.1) is 0 Å². The average Bonchev–Trinajstić information content (AvgIpc) is 2.20. The molecule has 2 rings (SSSR count). The maximum absolute atomic E-state index is 5.77. The van der Waals surface area contributed by atoms with Crippen LogP contribution < -0.4 is 5.32 Å². The highest BCUT2D eigenvalue weighted by molar-refractivity contribution is 7.99. The van der Waals surface area contributed by atoms with Gasteiger partial charge in [-0.1, -0.05) is 6.92 Å². The molecule has 2 aliphatic rings. The molecule has 3 atom stereocenters. The van der Waals surface area contributed by atoms with Gasteiger partial charge in [-0.05, 0) is 45.3 Å². The van der Waals surface area contributed by atoms with E-state index in [0.717, 1.165) is 24.3 Å². The van der Waals surface area contributed by atoms with E-state index in [4.69, 9.17) is 4.74 Å². The fourth-order valence-corrected chi connectivity index (χ4v) is 3.97. The van der Waals surface area contributed by atoms with E-state index in [-0.39, 0.29) is 5.60 Å². The molecule has 2 nitrogen and oxygen atoms in total. The average molecular weight is 243 g/mol. The van der Waals surface area contributed by atoms with Crippen molar-refractivity contribution in [2.75, 3.05) is 12.4 Å². The third-order valence-electron chi connectivity index (χ3n) is 3.75. The van der Waals surface area contributed by atoms with Crippen LogP contribution in [-0.2, 0) is 4.74 Å². The van der Waals surface area contributed by atoms with Gasteiger partial charge in [0.05, 0.1) is 5.60 Å². The topological polar surface area (TPSA) is 21.3 Å². The quantitative estimate of drug-likeness (QED) is 0.806. The maximum Gasteiger partial charge on any atom is 0.0641 e. The van der Waals surface area contributed by atoms with Crippen LogP contribution in [0.1, 0.15) is 46.5 Å². The number of thioether (sulfide) groups is 1. The first-order valence-corrected chi connectivity index (χ1v) is 7.63. The Morgan fingerprint density at radius 2 is 2.12 bits per heavy atom. The van der Waals surface area contributed by atoms with Crippen LogP contribution >= 0.6 is 11.8 Å². The second-order valence-corrected chi connectivity index (χ2v) is 7.27. The zero-order valence-electron chi connectivity index (χ0n) is 10.8. The van der Waals surface area contributed by atoms with Crippen molar-refractivity contribution in [1.29, 1.82) is 0 Å². The molecule has 2 saturated heterocycles. The molecule has 2 aliphatic heterocycles. The first-order valence-electron chi connectivity index (χ1n) is 6.58. The van der Waals surface area contributed by atoms with Crippen molar-refractivity contribution in [1.82, 2.24) is 5.32 Å². The fraction of sp³-hybridized carbons (Fsp3) is 1.00. The van der Waals surface area contributed by atoms with E-state index in [1.165, 1.54) is 25.0 Å². The summed E-state index contributed by atoms with van der Waals surface area (Å²) < 4.78 is 5.77. The Hall–Kier alpha value is 0.270. The third-order valence-corrected chi connectivity index (χ3v) is 5.13. The third kappa shape index (κ3) is 3.38. The molecule has 1 N–H and O–H groups in total. The predicted octanol–water partition coefficient (Wildman–Crippen LogP) is 2.82. The highest BCUT2D eigenvalue weighted by atomic mass is 32.2. The minimum atomic E-state index is 0.0704. The molecule has 3 heteroatoms. The molecule has 0 bridgehead atoms. The molecule has 16 heavy (non-hydrogen) atoms. The summed E-state index contributed by atoms with van der Waals surface area (Å²) in [5, 5.41) is 4.64. The summed E-state index contributed by atoms with van der Waals surface area (Å²) >= 11 is 2.12. The number of hydrogen-bond donors (Lipinski definition) is 1. The summed E-state index contributed by atoms with van der Waals surface area (Å²) in [5.74, 6) is 1.35. The molecule has 0 saturated carbocycles. The van der Waals surface area contributed by atoms with Gasteiger partial charge in [0.2, 0.25) is 0 Å². The van der Waals surface area contributed by atoms with Gasteiger partial charge >= 0.3 is 0 Å². The highest BCUT2D eigenvalue weighted by Gasteiger charge is 2.31. The summed E-state index contributed by atoms with van der Waals surface area (Å²) in [4.78, 5) is 0. The zero-order valence-corrected chi connectivity index (χ0v) is 11.6. The Kier molecular flexibility index (Phi) is 4.20. The second kappa shape index (κ2) is 5.28. The van der Waals surface area contributed by atoms with Crippen LogP contribution in [0.15, 0.2) is 0 Å². The van der Waals surface area contributed by atoms with E-state index in [9.17, 15) is 0 Å². The van der Waals surface area contributed by atoms with Gasteiger partial charge in [0.1, 0.15) is 0 Å². The lowest BCUT2D eigenvalue weighted by Gasteiger charge is -2.39. The molecular weight excluding hydrogens is 218 g/mol. The van der Waals surface area contributed by atoms with Crippen LogP contribution in [0.2, 0.25) is 0 Å². The van der Waals surface area contributed by atoms with Crippen molar-refractivity contribution in [3.8, 4) is 0 Å². The Morgan fingerprint density at radius 1 is 1.31 bits per heavy atom. The number of rotatable bonds is 2. The van der Waals surface area contributed by atoms with Crippen molar-refractivity contribution in [3.05, 3.63) is 0 Å². The van der Waals surface area contributed by atoms with Gasteiger partial charge < -0.3 is 10.1 Å². The Bertz CT molecular complexity index is 232. The van der Waals surface area contributed by atoms with Crippen LogP contribution in [-0.4, -0.2) is 35.3 Å². The van der Waals surface area contributed by atoms with Gasteiger partial charge in [0, 0.05) is 23.9 Å². The Labute approximate surface area is 104 Å². The molecule has 94 valence electrons. The molecule has 0 aromatic carbocycles. The van der Waals surface area contributed by atoms with Crippen molar-refractivity contribution >= 4 is 11.8 Å². The molecule has 0 aromatic rings. The molecular formula is C13H25NOS. The lowest BCUT2D eigenvalue weighted by molar-refractivity contribution is -0.0642. The van der Waals surface area contributed by atoms with Crippen molar-refractivity contribution in [3.63, 3.8) is 0 Å². The van der Waals surface area contributed by atoms with Gasteiger partial charge in [0.25, 0.3) is 0 Å². The number of nitrogens with one attached hydrogen (secondary N) is 1. The van der Waals surface area contributed by atoms with Gasteiger partial charge in [-0.2, -0.15) is 11.8 Å². The van der Waals surface area contributed by atoms with E-state index in [0.29, 0.717) is 6.04 Å². The maximum atomic E-state index is 5.77. The highest BCUT2D eigenvalue weighted by Crippen LogP contribution is 2.28. The second-order valence-electron chi connectivity index (χ2n) is 5.79. The molecule has 0 radical (unpaired) electrons. The van der Waals surface area contributed by atoms with Crippen LogP contribution in [0.3, 0.4) is 0 Å². The smallest absolute Gasteiger partial charge is 0.0641 e. The van der Waals surface area contributed by atoms with Gasteiger partial charge in [-0.3, -0.25) is 0 Å². The SMILES string of the molecule is CC1SCCCC1NC1CCOC(C)(C)C1. The summed E-state index contributed by atoms with van der Waals surface area (Å²) in [6.45, 7) is 7.70. The van der Waals surface area contributed by atoms with Crippen molar-refractivity contribution in [2.24, 2.45) is 0 Å². The standard InChI is InChI=1S/C13H25NOS/c1-10-12(5-4-8-16-10)14-11-6-7-15-13(2,3)9-11/h10-12,14H,4-9H2,1-3H3. The number of ether oxygens (including phenoxy) is 1. The molecule has 3 unspecified atom stereocenters. The van der Waals surface area contributed by atoms with E-state index < -0.39 is 0 Å². The van der Waals surface area contributed by atoms with Crippen LogP contribution in [0.4, 0.5) is 0 Å². The van der Waals surface area contributed by atoms with Crippen molar-refractivity contribution in [2.45, 2.75) is 69.4 Å². The minimum Gasteiger partial charge on any atom is -0.375 e. The molecule has 0 aromatic heterocycles. The van der Waals surface area contributed by atoms with Gasteiger partial charge in [-0.25, -0.2) is 0 Å². The normalized spacial score (nSPS) is 39.6. The van der Waals surface area contributed by atoms with Crippen LogP contribution in [0.5, 0.6) is 0 Å². The largest absolute Gasteiger partial charge is 0.375 e. The predicted molar refractivity (Wildman–Crippen MR) is 71.1 cm³/mol. The van der Waals surface area contributed by atoms with Crippen molar-refractivity contribution < 1.29 is 4.74 Å².